The summed E-state index contributed by atoms with van der Waals surface area (Å²) < 4.78 is 5.43. The van der Waals surface area contributed by atoms with Crippen LogP contribution in [-0.2, 0) is 4.74 Å². The molecule has 2 unspecified atom stereocenters. The summed E-state index contributed by atoms with van der Waals surface area (Å²) in [5.74, 6) is 0.730. The van der Waals surface area contributed by atoms with Gasteiger partial charge in [-0.3, -0.25) is 0 Å². The van der Waals surface area contributed by atoms with E-state index in [9.17, 15) is 0 Å². The average molecular weight is 129 g/mol. The molecule has 1 rings (SSSR count). The standard InChI is InChI=1S/C7H15NO/c1-6-3-5-9-7(6)2-4-8/h6-7H,2-5,8H2,1H3. The second kappa shape index (κ2) is 3.18. The molecule has 0 spiro atoms. The van der Waals surface area contributed by atoms with Gasteiger partial charge in [0.1, 0.15) is 0 Å². The van der Waals surface area contributed by atoms with Gasteiger partial charge in [-0.2, -0.15) is 0 Å². The molecule has 0 aromatic rings. The molecule has 0 amide bonds. The molecule has 1 fully saturated rings. The number of hydrogen-bond acceptors (Lipinski definition) is 2. The maximum Gasteiger partial charge on any atom is 0.0613 e. The summed E-state index contributed by atoms with van der Waals surface area (Å²) in [6, 6.07) is 0. The monoisotopic (exact) mass is 129 g/mol. The zero-order valence-electron chi connectivity index (χ0n) is 5.97. The van der Waals surface area contributed by atoms with E-state index in [2.05, 4.69) is 6.92 Å². The van der Waals surface area contributed by atoms with Crippen LogP contribution in [0.1, 0.15) is 19.8 Å². The topological polar surface area (TPSA) is 35.2 Å². The quantitative estimate of drug-likeness (QED) is 0.597. The first-order valence-corrected chi connectivity index (χ1v) is 3.66. The van der Waals surface area contributed by atoms with Crippen molar-refractivity contribution < 1.29 is 4.74 Å². The van der Waals surface area contributed by atoms with Crippen molar-refractivity contribution in [3.63, 3.8) is 0 Å². The first-order valence-electron chi connectivity index (χ1n) is 3.66. The lowest BCUT2D eigenvalue weighted by atomic mass is 10.0. The summed E-state index contributed by atoms with van der Waals surface area (Å²) in [6.07, 6.45) is 2.70. The highest BCUT2D eigenvalue weighted by Gasteiger charge is 2.22. The zero-order chi connectivity index (χ0) is 6.69. The molecular formula is C7H15NO. The molecule has 1 aliphatic heterocycles. The first-order chi connectivity index (χ1) is 4.34. The molecule has 0 aliphatic carbocycles. The maximum absolute atomic E-state index is 5.43. The molecule has 54 valence electrons. The Morgan fingerprint density at radius 2 is 2.44 bits per heavy atom. The summed E-state index contributed by atoms with van der Waals surface area (Å²) in [5.41, 5.74) is 5.39. The normalized spacial score (nSPS) is 35.3. The fraction of sp³-hybridized carbons (Fsp3) is 1.00. The lowest BCUT2D eigenvalue weighted by Gasteiger charge is -2.11. The first kappa shape index (κ1) is 7.03. The van der Waals surface area contributed by atoms with Gasteiger partial charge >= 0.3 is 0 Å². The second-order valence-electron chi connectivity index (χ2n) is 2.75. The van der Waals surface area contributed by atoms with Gasteiger partial charge in [0.25, 0.3) is 0 Å². The summed E-state index contributed by atoms with van der Waals surface area (Å²) >= 11 is 0. The molecule has 9 heavy (non-hydrogen) atoms. The molecule has 2 nitrogen and oxygen atoms in total. The van der Waals surface area contributed by atoms with Crippen molar-refractivity contribution in [3.8, 4) is 0 Å². The van der Waals surface area contributed by atoms with Crippen molar-refractivity contribution in [2.24, 2.45) is 11.7 Å². The summed E-state index contributed by atoms with van der Waals surface area (Å²) in [5, 5.41) is 0. The van der Waals surface area contributed by atoms with Gasteiger partial charge in [0, 0.05) is 6.61 Å². The Hall–Kier alpha value is -0.0800. The van der Waals surface area contributed by atoms with E-state index in [1.54, 1.807) is 0 Å². The summed E-state index contributed by atoms with van der Waals surface area (Å²) in [7, 11) is 0. The Balaban J connectivity index is 2.22. The maximum atomic E-state index is 5.43. The Morgan fingerprint density at radius 3 is 2.89 bits per heavy atom. The molecule has 2 atom stereocenters. The van der Waals surface area contributed by atoms with Crippen LogP contribution < -0.4 is 5.73 Å². The van der Waals surface area contributed by atoms with E-state index in [1.807, 2.05) is 0 Å². The van der Waals surface area contributed by atoms with E-state index in [1.165, 1.54) is 6.42 Å². The molecule has 2 N–H and O–H groups in total. The van der Waals surface area contributed by atoms with E-state index < -0.39 is 0 Å². The fourth-order valence-electron chi connectivity index (χ4n) is 1.29. The van der Waals surface area contributed by atoms with Crippen LogP contribution in [0, 0.1) is 5.92 Å². The van der Waals surface area contributed by atoms with Gasteiger partial charge in [0.15, 0.2) is 0 Å². The zero-order valence-corrected chi connectivity index (χ0v) is 5.97. The predicted molar refractivity (Wildman–Crippen MR) is 37.2 cm³/mol. The van der Waals surface area contributed by atoms with Crippen LogP contribution >= 0.6 is 0 Å². The highest BCUT2D eigenvalue weighted by molar-refractivity contribution is 4.72. The Labute approximate surface area is 56.4 Å². The molecule has 1 heterocycles. The van der Waals surface area contributed by atoms with Gasteiger partial charge in [0.2, 0.25) is 0 Å². The molecule has 2 heteroatoms. The van der Waals surface area contributed by atoms with E-state index in [4.69, 9.17) is 10.5 Å². The Kier molecular flexibility index (Phi) is 2.49. The SMILES string of the molecule is CC1CCOC1CCN. The van der Waals surface area contributed by atoms with Crippen molar-refractivity contribution in [1.29, 1.82) is 0 Å². The number of rotatable bonds is 2. The van der Waals surface area contributed by atoms with Crippen molar-refractivity contribution in [3.05, 3.63) is 0 Å². The highest BCUT2D eigenvalue weighted by atomic mass is 16.5. The van der Waals surface area contributed by atoms with E-state index in [-0.39, 0.29) is 0 Å². The molecular weight excluding hydrogens is 114 g/mol. The van der Waals surface area contributed by atoms with Crippen LogP contribution in [0.5, 0.6) is 0 Å². The van der Waals surface area contributed by atoms with Crippen LogP contribution in [-0.4, -0.2) is 19.3 Å². The van der Waals surface area contributed by atoms with E-state index in [0.29, 0.717) is 6.10 Å². The number of hydrogen-bond donors (Lipinski definition) is 1. The van der Waals surface area contributed by atoms with Crippen molar-refractivity contribution in [1.82, 2.24) is 0 Å². The predicted octanol–water partition coefficient (Wildman–Crippen LogP) is 0.760. The third-order valence-corrected chi connectivity index (χ3v) is 1.99. The number of ether oxygens (including phenoxy) is 1. The molecule has 0 radical (unpaired) electrons. The van der Waals surface area contributed by atoms with Crippen molar-refractivity contribution >= 4 is 0 Å². The van der Waals surface area contributed by atoms with Crippen molar-refractivity contribution in [2.75, 3.05) is 13.2 Å². The van der Waals surface area contributed by atoms with E-state index in [0.717, 1.165) is 25.5 Å². The summed E-state index contributed by atoms with van der Waals surface area (Å²) in [6.45, 7) is 3.92. The Morgan fingerprint density at radius 1 is 1.67 bits per heavy atom. The van der Waals surface area contributed by atoms with Crippen molar-refractivity contribution in [2.45, 2.75) is 25.9 Å². The molecule has 0 aromatic heterocycles. The van der Waals surface area contributed by atoms with Crippen LogP contribution in [0.3, 0.4) is 0 Å². The largest absolute Gasteiger partial charge is 0.378 e. The van der Waals surface area contributed by atoms with Crippen LogP contribution in [0.15, 0.2) is 0 Å². The van der Waals surface area contributed by atoms with Gasteiger partial charge in [-0.05, 0) is 25.3 Å². The van der Waals surface area contributed by atoms with Crippen LogP contribution in [0.4, 0.5) is 0 Å². The number of nitrogens with two attached hydrogens (primary N) is 1. The minimum Gasteiger partial charge on any atom is -0.378 e. The average Bonchev–Trinajstić information content (AvgIpc) is 2.18. The summed E-state index contributed by atoms with van der Waals surface area (Å²) in [4.78, 5) is 0. The van der Waals surface area contributed by atoms with Crippen LogP contribution in [0.2, 0.25) is 0 Å². The van der Waals surface area contributed by atoms with Crippen LogP contribution in [0.25, 0.3) is 0 Å². The van der Waals surface area contributed by atoms with Gasteiger partial charge < -0.3 is 10.5 Å². The lowest BCUT2D eigenvalue weighted by molar-refractivity contribution is 0.0891. The van der Waals surface area contributed by atoms with Gasteiger partial charge in [-0.15, -0.1) is 0 Å². The molecule has 1 aliphatic rings. The second-order valence-corrected chi connectivity index (χ2v) is 2.75. The lowest BCUT2D eigenvalue weighted by Crippen LogP contribution is -2.17. The van der Waals surface area contributed by atoms with E-state index >= 15 is 0 Å². The Bertz CT molecular complexity index is 85.0. The molecule has 0 bridgehead atoms. The highest BCUT2D eigenvalue weighted by Crippen LogP contribution is 2.21. The molecule has 1 saturated heterocycles. The van der Waals surface area contributed by atoms with Gasteiger partial charge in [0.05, 0.1) is 6.10 Å². The third kappa shape index (κ3) is 1.66. The molecule has 0 saturated carbocycles. The minimum absolute atomic E-state index is 0.454. The third-order valence-electron chi connectivity index (χ3n) is 1.99. The smallest absolute Gasteiger partial charge is 0.0613 e. The van der Waals surface area contributed by atoms with Gasteiger partial charge in [-0.25, -0.2) is 0 Å². The fourth-order valence-corrected chi connectivity index (χ4v) is 1.29. The molecule has 0 aromatic carbocycles. The van der Waals surface area contributed by atoms with Gasteiger partial charge in [-0.1, -0.05) is 6.92 Å². The minimum atomic E-state index is 0.454.